The van der Waals surface area contributed by atoms with Crippen molar-refractivity contribution in [3.05, 3.63) is 31.4 Å². The van der Waals surface area contributed by atoms with Gasteiger partial charge in [0.25, 0.3) is 0 Å². The maximum absolute atomic E-state index is 10.9. The van der Waals surface area contributed by atoms with Gasteiger partial charge < -0.3 is 4.74 Å². The molecule has 96 valence electrons. The molecule has 0 radical (unpaired) electrons. The number of halogens is 2. The molecule has 0 bridgehead atoms. The summed E-state index contributed by atoms with van der Waals surface area (Å²) in [5.74, 6) is 0.245. The number of nitriles is 1. The summed E-state index contributed by atoms with van der Waals surface area (Å²) in [7, 11) is 0. The molecule has 0 unspecified atom stereocenters. The fraction of sp³-hybridized carbons (Fsp3) is 0.364. The number of benzene rings is 1. The molecule has 0 fully saturated rings. The molecule has 0 saturated heterocycles. The summed E-state index contributed by atoms with van der Waals surface area (Å²) < 4.78 is 6.03. The van der Waals surface area contributed by atoms with E-state index < -0.39 is 4.92 Å². The Morgan fingerprint density at radius 3 is 2.78 bits per heavy atom. The van der Waals surface area contributed by atoms with Crippen molar-refractivity contribution in [2.75, 3.05) is 11.9 Å². The molecule has 0 aliphatic carbocycles. The zero-order valence-corrected chi connectivity index (χ0v) is 13.1. The molecule has 18 heavy (non-hydrogen) atoms. The van der Waals surface area contributed by atoms with Gasteiger partial charge in [-0.1, -0.05) is 15.9 Å². The standard InChI is InChI=1S/C11H10BrIN2O3/c12-3-1-2-4-18-11-9(13)5-8(7-14)6-10(11)15(16)17/h5-6H,1-4H2. The minimum atomic E-state index is -0.525. The second kappa shape index (κ2) is 7.53. The van der Waals surface area contributed by atoms with Crippen LogP contribution in [0.3, 0.4) is 0 Å². The van der Waals surface area contributed by atoms with Crippen molar-refractivity contribution in [2.24, 2.45) is 0 Å². The van der Waals surface area contributed by atoms with Crippen LogP contribution in [0.1, 0.15) is 18.4 Å². The van der Waals surface area contributed by atoms with E-state index in [4.69, 9.17) is 10.00 Å². The minimum Gasteiger partial charge on any atom is -0.486 e. The van der Waals surface area contributed by atoms with Crippen LogP contribution >= 0.6 is 38.5 Å². The van der Waals surface area contributed by atoms with Crippen molar-refractivity contribution >= 4 is 44.2 Å². The fourth-order valence-electron chi connectivity index (χ4n) is 1.29. The van der Waals surface area contributed by atoms with Crippen LogP contribution < -0.4 is 4.74 Å². The molecule has 1 aromatic rings. The van der Waals surface area contributed by atoms with E-state index in [1.165, 1.54) is 6.07 Å². The lowest BCUT2D eigenvalue weighted by Gasteiger charge is -2.08. The van der Waals surface area contributed by atoms with E-state index in [9.17, 15) is 10.1 Å². The highest BCUT2D eigenvalue weighted by molar-refractivity contribution is 14.1. The van der Waals surface area contributed by atoms with Crippen molar-refractivity contribution in [3.8, 4) is 11.8 Å². The first-order valence-corrected chi connectivity index (χ1v) is 7.37. The molecule has 0 atom stereocenters. The first kappa shape index (κ1) is 15.2. The highest BCUT2D eigenvalue weighted by Crippen LogP contribution is 2.33. The second-order valence-electron chi connectivity index (χ2n) is 3.42. The van der Waals surface area contributed by atoms with E-state index in [1.54, 1.807) is 6.07 Å². The van der Waals surface area contributed by atoms with E-state index in [0.29, 0.717) is 10.2 Å². The Hall–Kier alpha value is -0.880. The molecule has 1 rings (SSSR count). The van der Waals surface area contributed by atoms with Crippen LogP contribution in [0.4, 0.5) is 5.69 Å². The van der Waals surface area contributed by atoms with Crippen LogP contribution in [0.2, 0.25) is 0 Å². The van der Waals surface area contributed by atoms with Gasteiger partial charge in [-0.2, -0.15) is 5.26 Å². The van der Waals surface area contributed by atoms with Crippen LogP contribution in [-0.4, -0.2) is 16.9 Å². The summed E-state index contributed by atoms with van der Waals surface area (Å²) in [4.78, 5) is 10.4. The van der Waals surface area contributed by atoms with Crippen LogP contribution in [-0.2, 0) is 0 Å². The van der Waals surface area contributed by atoms with Gasteiger partial charge >= 0.3 is 5.69 Å². The molecule has 7 heteroatoms. The molecule has 0 saturated carbocycles. The third kappa shape index (κ3) is 4.10. The molecule has 5 nitrogen and oxygen atoms in total. The zero-order valence-electron chi connectivity index (χ0n) is 9.36. The second-order valence-corrected chi connectivity index (χ2v) is 5.37. The number of nitrogens with zero attached hydrogens (tertiary/aromatic N) is 2. The maximum atomic E-state index is 10.9. The lowest BCUT2D eigenvalue weighted by molar-refractivity contribution is -0.386. The van der Waals surface area contributed by atoms with Crippen molar-refractivity contribution in [2.45, 2.75) is 12.8 Å². The summed E-state index contributed by atoms with van der Waals surface area (Å²) >= 11 is 5.25. The quantitative estimate of drug-likeness (QED) is 0.230. The largest absolute Gasteiger partial charge is 0.486 e. The van der Waals surface area contributed by atoms with Crippen molar-refractivity contribution < 1.29 is 9.66 Å². The van der Waals surface area contributed by atoms with Gasteiger partial charge in [-0.25, -0.2) is 0 Å². The number of ether oxygens (including phenoxy) is 1. The first-order valence-electron chi connectivity index (χ1n) is 5.17. The van der Waals surface area contributed by atoms with Gasteiger partial charge in [0.1, 0.15) is 0 Å². The molecule has 0 aromatic heterocycles. The molecule has 0 spiro atoms. The fourth-order valence-corrected chi connectivity index (χ4v) is 2.46. The lowest BCUT2D eigenvalue weighted by Crippen LogP contribution is -2.03. The summed E-state index contributed by atoms with van der Waals surface area (Å²) in [5.41, 5.74) is 0.108. The van der Waals surface area contributed by atoms with Gasteiger partial charge in [0.05, 0.1) is 26.7 Å². The Kier molecular flexibility index (Phi) is 6.35. The Bertz CT molecular complexity index is 488. The summed E-state index contributed by atoms with van der Waals surface area (Å²) in [6, 6.07) is 4.71. The number of rotatable bonds is 6. The SMILES string of the molecule is N#Cc1cc(I)c(OCCCCBr)c([N+](=O)[O-])c1. The minimum absolute atomic E-state index is 0.155. The predicted octanol–water partition coefficient (Wildman–Crippen LogP) is 3.62. The molecule has 0 amide bonds. The van der Waals surface area contributed by atoms with Gasteiger partial charge in [-0.3, -0.25) is 10.1 Å². The van der Waals surface area contributed by atoms with Crippen LogP contribution in [0, 0.1) is 25.0 Å². The molecular weight excluding hydrogens is 415 g/mol. The molecule has 0 heterocycles. The van der Waals surface area contributed by atoms with E-state index >= 15 is 0 Å². The highest BCUT2D eigenvalue weighted by Gasteiger charge is 2.20. The van der Waals surface area contributed by atoms with E-state index in [2.05, 4.69) is 15.9 Å². The Labute approximate surface area is 127 Å². The van der Waals surface area contributed by atoms with E-state index in [-0.39, 0.29) is 17.0 Å². The first-order chi connectivity index (χ1) is 8.60. The zero-order chi connectivity index (χ0) is 13.5. The van der Waals surface area contributed by atoms with Gasteiger partial charge in [-0.15, -0.1) is 0 Å². The number of hydrogen-bond donors (Lipinski definition) is 0. The predicted molar refractivity (Wildman–Crippen MR) is 79.1 cm³/mol. The van der Waals surface area contributed by atoms with Crippen LogP contribution in [0.15, 0.2) is 12.1 Å². The Morgan fingerprint density at radius 2 is 2.22 bits per heavy atom. The summed E-state index contributed by atoms with van der Waals surface area (Å²) in [6.07, 6.45) is 1.76. The number of unbranched alkanes of at least 4 members (excludes halogenated alkanes) is 1. The van der Waals surface area contributed by atoms with Gasteiger partial charge in [-0.05, 0) is 41.5 Å². The average Bonchev–Trinajstić information content (AvgIpc) is 2.35. The van der Waals surface area contributed by atoms with Gasteiger partial charge in [0, 0.05) is 11.4 Å². The number of alkyl halides is 1. The third-order valence-corrected chi connectivity index (χ3v) is 3.49. The van der Waals surface area contributed by atoms with Crippen molar-refractivity contribution in [1.82, 2.24) is 0 Å². The van der Waals surface area contributed by atoms with E-state index in [1.807, 2.05) is 28.7 Å². The highest BCUT2D eigenvalue weighted by atomic mass is 127. The molecule has 0 N–H and O–H groups in total. The van der Waals surface area contributed by atoms with Gasteiger partial charge in [0.2, 0.25) is 5.75 Å². The molecular formula is C11H10BrIN2O3. The normalized spacial score (nSPS) is 9.83. The molecule has 1 aromatic carbocycles. The van der Waals surface area contributed by atoms with Crippen LogP contribution in [0.5, 0.6) is 5.75 Å². The van der Waals surface area contributed by atoms with Crippen molar-refractivity contribution in [1.29, 1.82) is 5.26 Å². The number of nitro groups is 1. The number of hydrogen-bond acceptors (Lipinski definition) is 4. The molecule has 0 aliphatic rings. The summed E-state index contributed by atoms with van der Waals surface area (Å²) in [5, 5.41) is 20.6. The van der Waals surface area contributed by atoms with Crippen LogP contribution in [0.25, 0.3) is 0 Å². The summed E-state index contributed by atoms with van der Waals surface area (Å²) in [6.45, 7) is 0.425. The topological polar surface area (TPSA) is 76.2 Å². The van der Waals surface area contributed by atoms with E-state index in [0.717, 1.165) is 18.2 Å². The smallest absolute Gasteiger partial charge is 0.313 e. The van der Waals surface area contributed by atoms with Crippen molar-refractivity contribution in [3.63, 3.8) is 0 Å². The monoisotopic (exact) mass is 424 g/mol. The lowest BCUT2D eigenvalue weighted by atomic mass is 10.2. The van der Waals surface area contributed by atoms with Gasteiger partial charge in [0.15, 0.2) is 0 Å². The average molecular weight is 425 g/mol. The molecule has 0 aliphatic heterocycles. The third-order valence-electron chi connectivity index (χ3n) is 2.12. The Balaban J connectivity index is 2.95. The maximum Gasteiger partial charge on any atom is 0.313 e. The number of nitro benzene ring substituents is 1. The Morgan fingerprint density at radius 1 is 1.50 bits per heavy atom.